The summed E-state index contributed by atoms with van der Waals surface area (Å²) in [6.45, 7) is 2.44. The Morgan fingerprint density at radius 2 is 1.76 bits per heavy atom. The number of sulfonamides is 1. The molecular formula is C15H19N3O2S. The first-order valence-electron chi connectivity index (χ1n) is 6.82. The van der Waals surface area contributed by atoms with Gasteiger partial charge >= 0.3 is 0 Å². The van der Waals surface area contributed by atoms with E-state index in [0.29, 0.717) is 12.2 Å². The Morgan fingerprint density at radius 3 is 2.29 bits per heavy atom. The third kappa shape index (κ3) is 4.03. The minimum atomic E-state index is -3.67. The lowest BCUT2D eigenvalue weighted by atomic mass is 10.1. The fourth-order valence-corrected chi connectivity index (χ4v) is 2.92. The number of pyridine rings is 1. The minimum Gasteiger partial charge on any atom is -0.326 e. The summed E-state index contributed by atoms with van der Waals surface area (Å²) in [5.41, 5.74) is 7.97. The maximum Gasteiger partial charge on any atom is 0.279 e. The Morgan fingerprint density at radius 1 is 1.10 bits per heavy atom. The molecule has 1 aromatic carbocycles. The molecule has 0 saturated heterocycles. The molecule has 5 nitrogen and oxygen atoms in total. The minimum absolute atomic E-state index is 0.0164. The van der Waals surface area contributed by atoms with E-state index in [1.807, 2.05) is 12.1 Å². The highest BCUT2D eigenvalue weighted by molar-refractivity contribution is 7.92. The van der Waals surface area contributed by atoms with Crippen molar-refractivity contribution in [1.82, 2.24) is 4.98 Å². The molecule has 0 atom stereocenters. The Kier molecular flexibility index (Phi) is 4.93. The summed E-state index contributed by atoms with van der Waals surface area (Å²) in [4.78, 5) is 3.93. The molecular weight excluding hydrogens is 286 g/mol. The number of anilines is 1. The third-order valence-electron chi connectivity index (χ3n) is 3.05. The van der Waals surface area contributed by atoms with Crippen LogP contribution in [0.15, 0.2) is 47.6 Å². The summed E-state index contributed by atoms with van der Waals surface area (Å²) < 4.78 is 26.9. The number of nitrogens with one attached hydrogen (secondary N) is 1. The molecule has 0 aliphatic heterocycles. The smallest absolute Gasteiger partial charge is 0.279 e. The van der Waals surface area contributed by atoms with E-state index in [1.165, 1.54) is 17.8 Å². The lowest BCUT2D eigenvalue weighted by Gasteiger charge is -2.08. The van der Waals surface area contributed by atoms with Crippen LogP contribution in [0.2, 0.25) is 0 Å². The summed E-state index contributed by atoms with van der Waals surface area (Å²) in [6.07, 6.45) is 3.51. The molecule has 0 bridgehead atoms. The second-order valence-electron chi connectivity index (χ2n) is 4.76. The van der Waals surface area contributed by atoms with Gasteiger partial charge in [0.15, 0.2) is 5.03 Å². The largest absolute Gasteiger partial charge is 0.326 e. The van der Waals surface area contributed by atoms with Crippen LogP contribution in [0.4, 0.5) is 5.69 Å². The van der Waals surface area contributed by atoms with Gasteiger partial charge in [-0.25, -0.2) is 4.98 Å². The summed E-state index contributed by atoms with van der Waals surface area (Å²) in [7, 11) is -3.67. The van der Waals surface area contributed by atoms with Crippen LogP contribution in [0, 0.1) is 0 Å². The fraction of sp³-hybridized carbons (Fsp3) is 0.267. The Hall–Kier alpha value is -1.92. The molecule has 3 N–H and O–H groups in total. The van der Waals surface area contributed by atoms with Gasteiger partial charge in [-0.1, -0.05) is 31.5 Å². The maximum atomic E-state index is 12.2. The van der Waals surface area contributed by atoms with Crippen LogP contribution < -0.4 is 10.5 Å². The van der Waals surface area contributed by atoms with Gasteiger partial charge in [-0.2, -0.15) is 8.42 Å². The zero-order chi connectivity index (χ0) is 15.3. The zero-order valence-electron chi connectivity index (χ0n) is 11.9. The van der Waals surface area contributed by atoms with Gasteiger partial charge in [0, 0.05) is 18.4 Å². The third-order valence-corrected chi connectivity index (χ3v) is 4.35. The standard InChI is InChI=1S/C15H19N3O2S/c1-2-3-12-4-7-14(8-5-12)18-21(19,20)15-9-6-13(10-16)11-17-15/h4-9,11,18H,2-3,10,16H2,1H3. The van der Waals surface area contributed by atoms with E-state index >= 15 is 0 Å². The maximum absolute atomic E-state index is 12.2. The molecule has 0 radical (unpaired) electrons. The van der Waals surface area contributed by atoms with Crippen molar-refractivity contribution >= 4 is 15.7 Å². The highest BCUT2D eigenvalue weighted by atomic mass is 32.2. The fourth-order valence-electron chi connectivity index (χ4n) is 1.93. The first kappa shape index (κ1) is 15.5. The summed E-state index contributed by atoms with van der Waals surface area (Å²) in [5, 5.41) is -0.0164. The van der Waals surface area contributed by atoms with Gasteiger partial charge in [-0.05, 0) is 35.7 Å². The van der Waals surface area contributed by atoms with E-state index in [2.05, 4.69) is 16.6 Å². The number of nitrogens with two attached hydrogens (primary N) is 1. The van der Waals surface area contributed by atoms with Gasteiger partial charge in [0.2, 0.25) is 0 Å². The molecule has 1 heterocycles. The van der Waals surface area contributed by atoms with Gasteiger partial charge in [0.25, 0.3) is 10.0 Å². The summed E-state index contributed by atoms with van der Waals surface area (Å²) in [6, 6.07) is 10.5. The molecule has 2 aromatic rings. The molecule has 1 aromatic heterocycles. The van der Waals surface area contributed by atoms with Crippen LogP contribution in [0.25, 0.3) is 0 Å². The van der Waals surface area contributed by atoms with Crippen molar-refractivity contribution in [1.29, 1.82) is 0 Å². The molecule has 0 aliphatic carbocycles. The van der Waals surface area contributed by atoms with Gasteiger partial charge in [0.1, 0.15) is 0 Å². The SMILES string of the molecule is CCCc1ccc(NS(=O)(=O)c2ccc(CN)cn2)cc1. The first-order chi connectivity index (χ1) is 10.0. The zero-order valence-corrected chi connectivity index (χ0v) is 12.7. The molecule has 112 valence electrons. The van der Waals surface area contributed by atoms with E-state index in [-0.39, 0.29) is 5.03 Å². The second kappa shape index (κ2) is 6.69. The molecule has 2 rings (SSSR count). The monoisotopic (exact) mass is 305 g/mol. The molecule has 21 heavy (non-hydrogen) atoms. The first-order valence-corrected chi connectivity index (χ1v) is 8.30. The van der Waals surface area contributed by atoms with Crippen LogP contribution >= 0.6 is 0 Å². The van der Waals surface area contributed by atoms with Crippen molar-refractivity contribution in [2.24, 2.45) is 5.73 Å². The lowest BCUT2D eigenvalue weighted by Crippen LogP contribution is -2.14. The molecule has 6 heteroatoms. The van der Waals surface area contributed by atoms with Crippen LogP contribution in [0.3, 0.4) is 0 Å². The highest BCUT2D eigenvalue weighted by Gasteiger charge is 2.15. The van der Waals surface area contributed by atoms with E-state index in [9.17, 15) is 8.42 Å². The van der Waals surface area contributed by atoms with Gasteiger partial charge in [0.05, 0.1) is 0 Å². The highest BCUT2D eigenvalue weighted by Crippen LogP contribution is 2.16. The van der Waals surface area contributed by atoms with Crippen LogP contribution in [-0.4, -0.2) is 13.4 Å². The number of hydrogen-bond acceptors (Lipinski definition) is 4. The van der Waals surface area contributed by atoms with Crippen LogP contribution in [0.1, 0.15) is 24.5 Å². The van der Waals surface area contributed by atoms with E-state index in [4.69, 9.17) is 5.73 Å². The summed E-state index contributed by atoms with van der Waals surface area (Å²) >= 11 is 0. The molecule has 0 aliphatic rings. The van der Waals surface area contributed by atoms with Crippen molar-refractivity contribution in [2.75, 3.05) is 4.72 Å². The Bertz CT molecular complexity index is 680. The van der Waals surface area contributed by atoms with Crippen molar-refractivity contribution in [3.05, 3.63) is 53.7 Å². The molecule has 0 spiro atoms. The molecule has 0 fully saturated rings. The average molecular weight is 305 g/mol. The van der Waals surface area contributed by atoms with E-state index in [1.54, 1.807) is 18.2 Å². The second-order valence-corrected chi connectivity index (χ2v) is 6.39. The van der Waals surface area contributed by atoms with Crippen molar-refractivity contribution in [3.63, 3.8) is 0 Å². The number of nitrogens with zero attached hydrogens (tertiary/aromatic N) is 1. The summed E-state index contributed by atoms with van der Waals surface area (Å²) in [5.74, 6) is 0. The molecule has 0 saturated carbocycles. The van der Waals surface area contributed by atoms with Crippen LogP contribution in [0.5, 0.6) is 0 Å². The predicted octanol–water partition coefficient (Wildman–Crippen LogP) is 2.29. The number of rotatable bonds is 6. The number of aromatic nitrogens is 1. The Balaban J connectivity index is 2.16. The lowest BCUT2D eigenvalue weighted by molar-refractivity contribution is 0.597. The van der Waals surface area contributed by atoms with E-state index in [0.717, 1.165) is 18.4 Å². The quantitative estimate of drug-likeness (QED) is 0.857. The molecule has 0 unspecified atom stereocenters. The van der Waals surface area contributed by atoms with Gasteiger partial charge < -0.3 is 5.73 Å². The Labute approximate surface area is 125 Å². The average Bonchev–Trinajstić information content (AvgIpc) is 2.49. The van der Waals surface area contributed by atoms with Crippen molar-refractivity contribution in [2.45, 2.75) is 31.3 Å². The van der Waals surface area contributed by atoms with Crippen molar-refractivity contribution in [3.8, 4) is 0 Å². The van der Waals surface area contributed by atoms with Gasteiger partial charge in [-0.15, -0.1) is 0 Å². The van der Waals surface area contributed by atoms with E-state index < -0.39 is 10.0 Å². The topological polar surface area (TPSA) is 85.1 Å². The molecule has 0 amide bonds. The number of benzene rings is 1. The van der Waals surface area contributed by atoms with Gasteiger partial charge in [-0.3, -0.25) is 4.72 Å². The number of hydrogen-bond donors (Lipinski definition) is 2. The normalized spacial score (nSPS) is 11.3. The van der Waals surface area contributed by atoms with Crippen LogP contribution in [-0.2, 0) is 23.0 Å². The van der Waals surface area contributed by atoms with Crippen molar-refractivity contribution < 1.29 is 8.42 Å². The predicted molar refractivity (Wildman–Crippen MR) is 83.4 cm³/mol. The number of aryl methyl sites for hydroxylation is 1.